The van der Waals surface area contributed by atoms with Gasteiger partial charge in [-0.05, 0) is 37.6 Å². The predicted molar refractivity (Wildman–Crippen MR) is 134 cm³/mol. The van der Waals surface area contributed by atoms with Crippen LogP contribution in [0.5, 0.6) is 0 Å². The van der Waals surface area contributed by atoms with E-state index >= 15 is 0 Å². The minimum Gasteiger partial charge on any atom is -0.463 e. The molecule has 3 aromatic rings. The maximum Gasteiger partial charge on any atom is 0.338 e. The average Bonchev–Trinajstić information content (AvgIpc) is 3.38. The number of carbonyl (C=O) groups excluding carboxylic acids is 1. The Morgan fingerprint density at radius 2 is 1.85 bits per heavy atom. The molecule has 0 N–H and O–H groups in total. The Bertz CT molecular complexity index is 1420. The molecule has 178 valence electrons. The SMILES string of the molecule is CCOC(=O)C1=C(C)N=c2sc(=Cc3ccc(N(C)C)o3)c(=O)n2C1c1ccc(N(C)C)cc1. The van der Waals surface area contributed by atoms with Crippen molar-refractivity contribution in [2.24, 2.45) is 4.99 Å². The number of thiazole rings is 1. The van der Waals surface area contributed by atoms with Crippen LogP contribution in [0.3, 0.4) is 0 Å². The lowest BCUT2D eigenvalue weighted by atomic mass is 9.95. The van der Waals surface area contributed by atoms with E-state index in [1.807, 2.05) is 74.4 Å². The van der Waals surface area contributed by atoms with Crippen LogP contribution in [0.4, 0.5) is 11.6 Å². The summed E-state index contributed by atoms with van der Waals surface area (Å²) in [5.74, 6) is 0.793. The van der Waals surface area contributed by atoms with Gasteiger partial charge in [0.15, 0.2) is 10.7 Å². The van der Waals surface area contributed by atoms with Crippen molar-refractivity contribution >= 4 is 35.0 Å². The zero-order chi connectivity index (χ0) is 24.6. The molecule has 3 heterocycles. The molecule has 1 atom stereocenters. The first kappa shape index (κ1) is 23.6. The van der Waals surface area contributed by atoms with Crippen LogP contribution in [0.15, 0.2) is 61.9 Å². The second kappa shape index (κ2) is 9.34. The largest absolute Gasteiger partial charge is 0.463 e. The molecule has 4 rings (SSSR count). The third kappa shape index (κ3) is 4.31. The summed E-state index contributed by atoms with van der Waals surface area (Å²) >= 11 is 1.27. The minimum absolute atomic E-state index is 0.234. The topological polar surface area (TPSA) is 80.3 Å². The second-order valence-electron chi connectivity index (χ2n) is 8.36. The van der Waals surface area contributed by atoms with Crippen LogP contribution < -0.4 is 24.7 Å². The fraction of sp³-hybridized carbons (Fsp3) is 0.320. The summed E-state index contributed by atoms with van der Waals surface area (Å²) in [6.07, 6.45) is 1.71. The minimum atomic E-state index is -0.636. The van der Waals surface area contributed by atoms with E-state index in [0.29, 0.717) is 32.2 Å². The van der Waals surface area contributed by atoms with Crippen molar-refractivity contribution in [2.45, 2.75) is 19.9 Å². The van der Waals surface area contributed by atoms with Crippen LogP contribution in [0.1, 0.15) is 31.2 Å². The number of hydrogen-bond donors (Lipinski definition) is 0. The number of hydrogen-bond acceptors (Lipinski definition) is 8. The van der Waals surface area contributed by atoms with Gasteiger partial charge in [-0.25, -0.2) is 9.79 Å². The Balaban J connectivity index is 1.90. The molecule has 1 aliphatic heterocycles. The van der Waals surface area contributed by atoms with Crippen molar-refractivity contribution in [1.29, 1.82) is 0 Å². The van der Waals surface area contributed by atoms with Crippen molar-refractivity contribution in [3.63, 3.8) is 0 Å². The first-order valence-electron chi connectivity index (χ1n) is 11.0. The van der Waals surface area contributed by atoms with Crippen molar-refractivity contribution < 1.29 is 13.9 Å². The number of aromatic nitrogens is 1. The van der Waals surface area contributed by atoms with Gasteiger partial charge < -0.3 is 19.0 Å². The summed E-state index contributed by atoms with van der Waals surface area (Å²) in [6.45, 7) is 3.77. The lowest BCUT2D eigenvalue weighted by Gasteiger charge is -2.25. The first-order valence-corrected chi connectivity index (χ1v) is 11.8. The zero-order valence-electron chi connectivity index (χ0n) is 20.2. The summed E-state index contributed by atoms with van der Waals surface area (Å²) in [5, 5.41) is 0. The van der Waals surface area contributed by atoms with Gasteiger partial charge in [0, 0.05) is 46.0 Å². The number of rotatable bonds is 6. The molecule has 1 aromatic carbocycles. The van der Waals surface area contributed by atoms with Crippen LogP contribution in [0.2, 0.25) is 0 Å². The molecule has 0 radical (unpaired) electrons. The fourth-order valence-electron chi connectivity index (χ4n) is 3.85. The molecule has 0 bridgehead atoms. The smallest absolute Gasteiger partial charge is 0.338 e. The van der Waals surface area contributed by atoms with Gasteiger partial charge in [0.25, 0.3) is 5.56 Å². The van der Waals surface area contributed by atoms with E-state index in [4.69, 9.17) is 9.15 Å². The van der Waals surface area contributed by atoms with E-state index in [-0.39, 0.29) is 12.2 Å². The van der Waals surface area contributed by atoms with Crippen LogP contribution >= 0.6 is 11.3 Å². The number of esters is 1. The number of carbonyl (C=O) groups is 1. The summed E-state index contributed by atoms with van der Waals surface area (Å²) in [6, 6.07) is 10.8. The Hall–Kier alpha value is -3.59. The van der Waals surface area contributed by atoms with Crippen LogP contribution in [0.25, 0.3) is 6.08 Å². The maximum atomic E-state index is 13.6. The van der Waals surface area contributed by atoms with Crippen molar-refractivity contribution in [3.05, 3.63) is 78.7 Å². The van der Waals surface area contributed by atoms with Crippen LogP contribution in [-0.4, -0.2) is 45.3 Å². The summed E-state index contributed by atoms with van der Waals surface area (Å²) in [4.78, 5) is 35.5. The second-order valence-corrected chi connectivity index (χ2v) is 9.37. The van der Waals surface area contributed by atoms with Crippen LogP contribution in [-0.2, 0) is 9.53 Å². The molecule has 0 fully saturated rings. The normalized spacial score (nSPS) is 15.7. The van der Waals surface area contributed by atoms with E-state index in [0.717, 1.165) is 11.3 Å². The number of benzene rings is 1. The Kier molecular flexibility index (Phi) is 6.47. The van der Waals surface area contributed by atoms with Gasteiger partial charge in [-0.2, -0.15) is 0 Å². The van der Waals surface area contributed by atoms with Gasteiger partial charge in [0.1, 0.15) is 5.76 Å². The number of furan rings is 1. The molecule has 34 heavy (non-hydrogen) atoms. The van der Waals surface area contributed by atoms with Crippen molar-refractivity contribution in [2.75, 3.05) is 44.6 Å². The van der Waals surface area contributed by atoms with E-state index < -0.39 is 12.0 Å². The highest BCUT2D eigenvalue weighted by molar-refractivity contribution is 7.07. The van der Waals surface area contributed by atoms with Gasteiger partial charge in [-0.3, -0.25) is 9.36 Å². The van der Waals surface area contributed by atoms with Gasteiger partial charge in [0.2, 0.25) is 0 Å². The Labute approximate surface area is 201 Å². The summed E-state index contributed by atoms with van der Waals surface area (Å²) in [7, 11) is 7.70. The molecule has 9 heteroatoms. The molecular weight excluding hydrogens is 452 g/mol. The van der Waals surface area contributed by atoms with Gasteiger partial charge >= 0.3 is 5.97 Å². The number of fused-ring (bicyclic) bond motifs is 1. The van der Waals surface area contributed by atoms with Crippen LogP contribution in [0, 0.1) is 0 Å². The van der Waals surface area contributed by atoms with Gasteiger partial charge in [0.05, 0.1) is 28.5 Å². The van der Waals surface area contributed by atoms with E-state index in [1.54, 1.807) is 24.5 Å². The third-order valence-electron chi connectivity index (χ3n) is 5.57. The molecule has 1 aliphatic rings. The van der Waals surface area contributed by atoms with Crippen molar-refractivity contribution in [1.82, 2.24) is 4.57 Å². The molecule has 1 unspecified atom stereocenters. The monoisotopic (exact) mass is 480 g/mol. The predicted octanol–water partition coefficient (Wildman–Crippen LogP) is 2.52. The molecule has 0 aliphatic carbocycles. The number of anilines is 2. The highest BCUT2D eigenvalue weighted by Gasteiger charge is 2.33. The molecule has 0 saturated carbocycles. The maximum absolute atomic E-state index is 13.6. The lowest BCUT2D eigenvalue weighted by molar-refractivity contribution is -0.139. The molecule has 0 saturated heterocycles. The van der Waals surface area contributed by atoms with Crippen molar-refractivity contribution in [3.8, 4) is 0 Å². The Morgan fingerprint density at radius 1 is 1.15 bits per heavy atom. The van der Waals surface area contributed by atoms with E-state index in [2.05, 4.69) is 4.99 Å². The highest BCUT2D eigenvalue weighted by Crippen LogP contribution is 2.31. The highest BCUT2D eigenvalue weighted by atomic mass is 32.1. The molecule has 2 aromatic heterocycles. The average molecular weight is 481 g/mol. The fourth-order valence-corrected chi connectivity index (χ4v) is 4.88. The zero-order valence-corrected chi connectivity index (χ0v) is 21.0. The summed E-state index contributed by atoms with van der Waals surface area (Å²) < 4.78 is 13.2. The standard InChI is InChI=1S/C25H28N4O4S/c1-7-32-24(31)21-15(2)26-25-29(22(21)16-8-10-17(11-9-16)27(3)4)23(30)19(34-25)14-18-12-13-20(33-18)28(5)6/h8-14,22H,7H2,1-6H3. The first-order chi connectivity index (χ1) is 16.2. The number of ether oxygens (including phenoxy) is 1. The third-order valence-corrected chi connectivity index (χ3v) is 6.55. The van der Waals surface area contributed by atoms with Gasteiger partial charge in [-0.1, -0.05) is 23.5 Å². The quantitative estimate of drug-likeness (QED) is 0.505. The molecule has 0 amide bonds. The summed E-state index contributed by atoms with van der Waals surface area (Å²) in [5.41, 5.74) is 2.50. The molecular formula is C25H28N4O4S. The van der Waals surface area contributed by atoms with E-state index in [1.165, 1.54) is 11.3 Å². The number of nitrogens with zero attached hydrogens (tertiary/aromatic N) is 4. The Morgan fingerprint density at radius 3 is 2.44 bits per heavy atom. The number of allylic oxidation sites excluding steroid dienone is 1. The van der Waals surface area contributed by atoms with Gasteiger partial charge in [-0.15, -0.1) is 0 Å². The lowest BCUT2D eigenvalue weighted by Crippen LogP contribution is -2.39. The van der Waals surface area contributed by atoms with E-state index in [9.17, 15) is 9.59 Å². The molecule has 0 spiro atoms. The molecule has 8 nitrogen and oxygen atoms in total.